The van der Waals surface area contributed by atoms with E-state index in [0.717, 1.165) is 23.0 Å². The number of ether oxygens (including phenoxy) is 1. The minimum absolute atomic E-state index is 0.216. The zero-order chi connectivity index (χ0) is 12.5. The van der Waals surface area contributed by atoms with Crippen molar-refractivity contribution in [2.75, 3.05) is 19.8 Å². The summed E-state index contributed by atoms with van der Waals surface area (Å²) in [7, 11) is 0. The van der Waals surface area contributed by atoms with Crippen molar-refractivity contribution in [3.05, 3.63) is 46.7 Å². The molecule has 0 spiro atoms. The van der Waals surface area contributed by atoms with Crippen molar-refractivity contribution in [2.24, 2.45) is 0 Å². The highest BCUT2D eigenvalue weighted by Crippen LogP contribution is 2.17. The average Bonchev–Trinajstić information content (AvgIpc) is 2.32. The Balaban J connectivity index is 2.17. The van der Waals surface area contributed by atoms with E-state index in [-0.39, 0.29) is 5.82 Å². The van der Waals surface area contributed by atoms with Gasteiger partial charge in [-0.3, -0.25) is 0 Å². The van der Waals surface area contributed by atoms with E-state index in [2.05, 4.69) is 27.8 Å². The molecule has 1 aromatic carbocycles. The van der Waals surface area contributed by atoms with E-state index in [9.17, 15) is 4.39 Å². The first-order chi connectivity index (χ1) is 8.24. The smallest absolute Gasteiger partial charge is 0.123 e. The molecule has 0 aliphatic carbocycles. The van der Waals surface area contributed by atoms with Crippen LogP contribution in [0.4, 0.5) is 4.39 Å². The molecule has 1 rings (SSSR count). The van der Waals surface area contributed by atoms with Gasteiger partial charge in [0.1, 0.15) is 5.82 Å². The highest BCUT2D eigenvalue weighted by Gasteiger charge is 2.00. The molecular weight excluding hydrogens is 285 g/mol. The Morgan fingerprint density at radius 3 is 3.00 bits per heavy atom. The number of rotatable bonds is 8. The van der Waals surface area contributed by atoms with Crippen LogP contribution in [0.25, 0.3) is 0 Å². The van der Waals surface area contributed by atoms with Crippen LogP contribution in [0, 0.1) is 5.82 Å². The molecule has 1 aromatic rings. The molecule has 0 bridgehead atoms. The van der Waals surface area contributed by atoms with Crippen LogP contribution in [0.2, 0.25) is 0 Å². The van der Waals surface area contributed by atoms with Crippen LogP contribution in [0.15, 0.2) is 35.3 Å². The van der Waals surface area contributed by atoms with E-state index in [1.807, 2.05) is 6.08 Å². The molecular formula is C13H17BrFNO. The monoisotopic (exact) mass is 301 g/mol. The highest BCUT2D eigenvalue weighted by atomic mass is 79.9. The predicted molar refractivity (Wildman–Crippen MR) is 71.4 cm³/mol. The first-order valence-electron chi connectivity index (χ1n) is 5.57. The quantitative estimate of drug-likeness (QED) is 0.588. The molecule has 0 atom stereocenters. The maximum Gasteiger partial charge on any atom is 0.123 e. The van der Waals surface area contributed by atoms with E-state index in [0.29, 0.717) is 19.8 Å². The van der Waals surface area contributed by atoms with Gasteiger partial charge < -0.3 is 10.1 Å². The Bertz CT molecular complexity index is 357. The van der Waals surface area contributed by atoms with Gasteiger partial charge in [0.25, 0.3) is 0 Å². The topological polar surface area (TPSA) is 21.3 Å². The summed E-state index contributed by atoms with van der Waals surface area (Å²) >= 11 is 3.38. The molecule has 17 heavy (non-hydrogen) atoms. The lowest BCUT2D eigenvalue weighted by Gasteiger charge is -2.07. The number of nitrogens with one attached hydrogen (secondary N) is 1. The summed E-state index contributed by atoms with van der Waals surface area (Å²) in [5, 5.41) is 3.20. The molecule has 0 aromatic heterocycles. The van der Waals surface area contributed by atoms with Gasteiger partial charge in [0.2, 0.25) is 0 Å². The van der Waals surface area contributed by atoms with Crippen molar-refractivity contribution in [2.45, 2.75) is 13.0 Å². The molecule has 0 amide bonds. The van der Waals surface area contributed by atoms with Crippen LogP contribution in [-0.2, 0) is 11.3 Å². The Hall–Kier alpha value is -0.710. The predicted octanol–water partition coefficient (Wildman–Crippen LogP) is 3.27. The second-order valence-corrected chi connectivity index (χ2v) is 4.46. The maximum atomic E-state index is 13.0. The van der Waals surface area contributed by atoms with E-state index >= 15 is 0 Å². The van der Waals surface area contributed by atoms with Gasteiger partial charge in [0.05, 0.1) is 13.2 Å². The average molecular weight is 302 g/mol. The molecule has 0 heterocycles. The Kier molecular flexibility index (Phi) is 7.08. The van der Waals surface area contributed by atoms with Crippen molar-refractivity contribution in [3.8, 4) is 0 Å². The Morgan fingerprint density at radius 1 is 1.41 bits per heavy atom. The summed E-state index contributed by atoms with van der Waals surface area (Å²) in [5.41, 5.74) is 0.913. The van der Waals surface area contributed by atoms with Crippen LogP contribution < -0.4 is 5.32 Å². The summed E-state index contributed by atoms with van der Waals surface area (Å²) in [6.07, 6.45) is 2.70. The van der Waals surface area contributed by atoms with E-state index in [1.54, 1.807) is 6.07 Å². The summed E-state index contributed by atoms with van der Waals surface area (Å²) in [6, 6.07) is 4.68. The lowest BCUT2D eigenvalue weighted by molar-refractivity contribution is 0.140. The van der Waals surface area contributed by atoms with Gasteiger partial charge in [0.15, 0.2) is 0 Å². The largest absolute Gasteiger partial charge is 0.380 e. The van der Waals surface area contributed by atoms with Crippen LogP contribution >= 0.6 is 15.9 Å². The van der Waals surface area contributed by atoms with Crippen LogP contribution in [0.3, 0.4) is 0 Å². The van der Waals surface area contributed by atoms with Crippen molar-refractivity contribution < 1.29 is 9.13 Å². The summed E-state index contributed by atoms with van der Waals surface area (Å²) in [4.78, 5) is 0. The van der Waals surface area contributed by atoms with Gasteiger partial charge in [-0.15, -0.1) is 6.58 Å². The van der Waals surface area contributed by atoms with Gasteiger partial charge in [-0.2, -0.15) is 0 Å². The molecule has 0 saturated heterocycles. The second kappa shape index (κ2) is 8.39. The number of halogens is 2. The first kappa shape index (κ1) is 14.4. The zero-order valence-corrected chi connectivity index (χ0v) is 11.3. The fourth-order valence-electron chi connectivity index (χ4n) is 1.31. The lowest BCUT2D eigenvalue weighted by Crippen LogP contribution is -2.19. The first-order valence-corrected chi connectivity index (χ1v) is 6.36. The molecule has 2 nitrogen and oxygen atoms in total. The van der Waals surface area contributed by atoms with Crippen molar-refractivity contribution in [1.29, 1.82) is 0 Å². The number of benzene rings is 1. The van der Waals surface area contributed by atoms with Gasteiger partial charge in [-0.25, -0.2) is 4.39 Å². The van der Waals surface area contributed by atoms with E-state index < -0.39 is 0 Å². The maximum absolute atomic E-state index is 13.0. The third-order valence-corrected chi connectivity index (χ3v) is 2.99. The van der Waals surface area contributed by atoms with Crippen LogP contribution in [-0.4, -0.2) is 19.8 Å². The van der Waals surface area contributed by atoms with Crippen LogP contribution in [0.5, 0.6) is 0 Å². The molecule has 94 valence electrons. The minimum Gasteiger partial charge on any atom is -0.380 e. The second-order valence-electron chi connectivity index (χ2n) is 3.60. The third-order valence-electron chi connectivity index (χ3n) is 2.21. The molecule has 0 saturated carbocycles. The zero-order valence-electron chi connectivity index (χ0n) is 9.72. The van der Waals surface area contributed by atoms with Gasteiger partial charge in [-0.05, 0) is 30.2 Å². The Morgan fingerprint density at radius 2 is 2.24 bits per heavy atom. The molecule has 0 aliphatic heterocycles. The molecule has 0 unspecified atom stereocenters. The molecule has 0 fully saturated rings. The van der Waals surface area contributed by atoms with Gasteiger partial charge in [-0.1, -0.05) is 22.0 Å². The summed E-state index contributed by atoms with van der Waals surface area (Å²) in [5.74, 6) is -0.216. The highest BCUT2D eigenvalue weighted by molar-refractivity contribution is 9.10. The fraction of sp³-hybridized carbons (Fsp3) is 0.385. The van der Waals surface area contributed by atoms with Gasteiger partial charge >= 0.3 is 0 Å². The Labute approximate surface area is 110 Å². The minimum atomic E-state index is -0.216. The number of hydrogen-bond acceptors (Lipinski definition) is 2. The normalized spacial score (nSPS) is 10.5. The van der Waals surface area contributed by atoms with E-state index in [1.165, 1.54) is 12.1 Å². The van der Waals surface area contributed by atoms with E-state index in [4.69, 9.17) is 4.74 Å². The third kappa shape index (κ3) is 5.96. The molecule has 4 heteroatoms. The van der Waals surface area contributed by atoms with Crippen molar-refractivity contribution >= 4 is 15.9 Å². The standard InChI is InChI=1S/C13H17BrFNO/c1-2-3-7-17-8-6-16-10-11-9-12(15)4-5-13(11)14/h2,4-5,9,16H,1,3,6-8,10H2. The van der Waals surface area contributed by atoms with Gasteiger partial charge in [0, 0.05) is 17.6 Å². The SMILES string of the molecule is C=CCCOCCNCc1cc(F)ccc1Br. The number of hydrogen-bond donors (Lipinski definition) is 1. The lowest BCUT2D eigenvalue weighted by atomic mass is 10.2. The fourth-order valence-corrected chi connectivity index (χ4v) is 1.70. The summed E-state index contributed by atoms with van der Waals surface area (Å²) < 4.78 is 19.2. The van der Waals surface area contributed by atoms with Crippen molar-refractivity contribution in [3.63, 3.8) is 0 Å². The van der Waals surface area contributed by atoms with Crippen molar-refractivity contribution in [1.82, 2.24) is 5.32 Å². The molecule has 0 radical (unpaired) electrons. The molecule has 0 aliphatic rings. The summed E-state index contributed by atoms with van der Waals surface area (Å²) in [6.45, 7) is 6.35. The van der Waals surface area contributed by atoms with Crippen LogP contribution in [0.1, 0.15) is 12.0 Å². The molecule has 1 N–H and O–H groups in total.